The Hall–Kier alpha value is -2.73. The number of nitrogens with one attached hydrogen (secondary N) is 1. The van der Waals surface area contributed by atoms with Crippen LogP contribution in [0.25, 0.3) is 17.1 Å². The third-order valence-electron chi connectivity index (χ3n) is 6.33. The Kier molecular flexibility index (Phi) is 7.70. The zero-order chi connectivity index (χ0) is 25.0. The van der Waals surface area contributed by atoms with Gasteiger partial charge < -0.3 is 10.1 Å². The van der Waals surface area contributed by atoms with Crippen LogP contribution in [0.4, 0.5) is 0 Å². The molecule has 1 aromatic heterocycles. The van der Waals surface area contributed by atoms with E-state index < -0.39 is 10.0 Å². The van der Waals surface area contributed by atoms with Crippen LogP contribution >= 0.6 is 11.8 Å². The van der Waals surface area contributed by atoms with Crippen LogP contribution in [0, 0.1) is 0 Å². The lowest BCUT2D eigenvalue weighted by Crippen LogP contribution is -2.32. The number of rotatable bonds is 9. The molecule has 0 aliphatic carbocycles. The van der Waals surface area contributed by atoms with Gasteiger partial charge in [-0.25, -0.2) is 8.42 Å². The highest BCUT2D eigenvalue weighted by Crippen LogP contribution is 2.30. The maximum atomic E-state index is 13.1. The lowest BCUT2D eigenvalue weighted by atomic mass is 10.2. The molecular formula is C25H29N5O4S2. The van der Waals surface area contributed by atoms with Gasteiger partial charge in [-0.05, 0) is 49.9 Å². The van der Waals surface area contributed by atoms with Crippen LogP contribution in [0.5, 0.6) is 0 Å². The molecule has 11 heteroatoms. The van der Waals surface area contributed by atoms with Gasteiger partial charge >= 0.3 is 0 Å². The second-order valence-corrected chi connectivity index (χ2v) is 11.7. The quantitative estimate of drug-likeness (QED) is 0.426. The Morgan fingerprint density at radius 2 is 1.86 bits per heavy atom. The van der Waals surface area contributed by atoms with E-state index in [0.717, 1.165) is 38.0 Å². The molecule has 5 rings (SSSR count). The number of amides is 1. The third-order valence-corrected chi connectivity index (χ3v) is 9.15. The van der Waals surface area contributed by atoms with Crippen LogP contribution < -0.4 is 5.32 Å². The van der Waals surface area contributed by atoms with Crippen molar-refractivity contribution in [3.8, 4) is 17.1 Å². The summed E-state index contributed by atoms with van der Waals surface area (Å²) in [6, 6.07) is 16.4. The number of thioether (sulfide) groups is 1. The Morgan fingerprint density at radius 3 is 2.61 bits per heavy atom. The molecule has 36 heavy (non-hydrogen) atoms. The second-order valence-electron chi connectivity index (χ2n) is 8.84. The number of ether oxygens (including phenoxy) is 1. The molecule has 1 N–H and O–H groups in total. The molecule has 2 aromatic carbocycles. The first-order chi connectivity index (χ1) is 17.5. The van der Waals surface area contributed by atoms with Crippen molar-refractivity contribution >= 4 is 27.7 Å². The minimum atomic E-state index is -3.57. The molecule has 1 atom stereocenters. The molecule has 0 saturated carbocycles. The van der Waals surface area contributed by atoms with Gasteiger partial charge in [0.05, 0.1) is 16.8 Å². The molecule has 2 saturated heterocycles. The van der Waals surface area contributed by atoms with E-state index in [4.69, 9.17) is 4.74 Å². The molecule has 0 spiro atoms. The van der Waals surface area contributed by atoms with Crippen molar-refractivity contribution in [3.63, 3.8) is 0 Å². The van der Waals surface area contributed by atoms with Gasteiger partial charge in [0.2, 0.25) is 15.9 Å². The van der Waals surface area contributed by atoms with Crippen molar-refractivity contribution in [2.24, 2.45) is 0 Å². The normalized spacial score (nSPS) is 18.5. The summed E-state index contributed by atoms with van der Waals surface area (Å²) in [5.74, 6) is 0.599. The Morgan fingerprint density at radius 1 is 1.06 bits per heavy atom. The van der Waals surface area contributed by atoms with Crippen molar-refractivity contribution in [3.05, 3.63) is 54.6 Å². The van der Waals surface area contributed by atoms with E-state index in [1.54, 1.807) is 18.2 Å². The molecule has 0 radical (unpaired) electrons. The average Bonchev–Trinajstić information content (AvgIpc) is 3.69. The minimum absolute atomic E-state index is 0.0858. The SMILES string of the molecule is O=C(CSc1nnc(-c2cccc(S(=O)(=O)N3CCCC3)c2)n1-c1ccccc1)NCC1CCCO1. The van der Waals surface area contributed by atoms with E-state index in [9.17, 15) is 13.2 Å². The third kappa shape index (κ3) is 5.49. The number of carbonyl (C=O) groups is 1. The van der Waals surface area contributed by atoms with Crippen LogP contribution in [-0.4, -0.2) is 71.5 Å². The first kappa shape index (κ1) is 24.9. The largest absolute Gasteiger partial charge is 0.376 e. The summed E-state index contributed by atoms with van der Waals surface area (Å²) >= 11 is 1.29. The van der Waals surface area contributed by atoms with Gasteiger partial charge in [-0.1, -0.05) is 42.1 Å². The van der Waals surface area contributed by atoms with Crippen LogP contribution in [0.15, 0.2) is 64.6 Å². The molecule has 190 valence electrons. The molecule has 0 bridgehead atoms. The van der Waals surface area contributed by atoms with Gasteiger partial charge in [-0.2, -0.15) is 4.31 Å². The molecular weight excluding hydrogens is 498 g/mol. The maximum absolute atomic E-state index is 13.1. The highest BCUT2D eigenvalue weighted by molar-refractivity contribution is 7.99. The number of para-hydroxylation sites is 1. The van der Waals surface area contributed by atoms with Crippen molar-refractivity contribution in [2.45, 2.75) is 41.8 Å². The zero-order valence-electron chi connectivity index (χ0n) is 19.9. The summed E-state index contributed by atoms with van der Waals surface area (Å²) in [6.45, 7) is 2.35. The van der Waals surface area contributed by atoms with Gasteiger partial charge in [0, 0.05) is 37.5 Å². The smallest absolute Gasteiger partial charge is 0.243 e. The molecule has 3 aromatic rings. The fourth-order valence-corrected chi connectivity index (χ4v) is 6.79. The Bertz CT molecular complexity index is 1300. The maximum Gasteiger partial charge on any atom is 0.243 e. The van der Waals surface area contributed by atoms with Crippen LogP contribution in [0.2, 0.25) is 0 Å². The second kappa shape index (κ2) is 11.1. The number of carbonyl (C=O) groups excluding carboxylic acids is 1. The number of sulfonamides is 1. The predicted molar refractivity (Wildman–Crippen MR) is 137 cm³/mol. The summed E-state index contributed by atoms with van der Waals surface area (Å²) < 4.78 is 35.2. The number of nitrogens with zero attached hydrogens (tertiary/aromatic N) is 4. The van der Waals surface area contributed by atoms with Crippen LogP contribution in [0.3, 0.4) is 0 Å². The monoisotopic (exact) mass is 527 g/mol. The van der Waals surface area contributed by atoms with Gasteiger partial charge in [-0.15, -0.1) is 10.2 Å². The Balaban J connectivity index is 1.40. The average molecular weight is 528 g/mol. The van der Waals surface area contributed by atoms with E-state index in [-0.39, 0.29) is 22.7 Å². The van der Waals surface area contributed by atoms with Gasteiger partial charge in [0.25, 0.3) is 0 Å². The molecule has 2 fully saturated rings. The van der Waals surface area contributed by atoms with Gasteiger partial charge in [0.15, 0.2) is 11.0 Å². The molecule has 2 aliphatic heterocycles. The highest BCUT2D eigenvalue weighted by atomic mass is 32.2. The fourth-order valence-electron chi connectivity index (χ4n) is 4.45. The number of hydrogen-bond donors (Lipinski definition) is 1. The zero-order valence-corrected chi connectivity index (χ0v) is 21.5. The summed E-state index contributed by atoms with van der Waals surface area (Å²) in [5.41, 5.74) is 1.47. The predicted octanol–water partition coefficient (Wildman–Crippen LogP) is 3.11. The van der Waals surface area contributed by atoms with Crippen LogP contribution in [0.1, 0.15) is 25.7 Å². The van der Waals surface area contributed by atoms with Crippen molar-refractivity contribution in [1.29, 1.82) is 0 Å². The van der Waals surface area contributed by atoms with E-state index in [1.165, 1.54) is 16.1 Å². The fraction of sp³-hybridized carbons (Fsp3) is 0.400. The molecule has 3 heterocycles. The molecule has 9 nitrogen and oxygen atoms in total. The van der Waals surface area contributed by atoms with Crippen molar-refractivity contribution in [2.75, 3.05) is 32.0 Å². The molecule has 2 aliphatic rings. The summed E-state index contributed by atoms with van der Waals surface area (Å²) in [6.07, 6.45) is 3.83. The number of benzene rings is 2. The molecule has 1 unspecified atom stereocenters. The minimum Gasteiger partial charge on any atom is -0.376 e. The van der Waals surface area contributed by atoms with Gasteiger partial charge in [0.1, 0.15) is 0 Å². The summed E-state index contributed by atoms with van der Waals surface area (Å²) in [7, 11) is -3.57. The number of hydrogen-bond acceptors (Lipinski definition) is 7. The topological polar surface area (TPSA) is 106 Å². The molecule has 1 amide bonds. The number of aromatic nitrogens is 3. The van der Waals surface area contributed by atoms with Crippen LogP contribution in [-0.2, 0) is 19.6 Å². The first-order valence-electron chi connectivity index (χ1n) is 12.1. The lowest BCUT2D eigenvalue weighted by molar-refractivity contribution is -0.119. The van der Waals surface area contributed by atoms with E-state index in [2.05, 4.69) is 15.5 Å². The lowest BCUT2D eigenvalue weighted by Gasteiger charge is -2.16. The van der Waals surface area contributed by atoms with E-state index in [0.29, 0.717) is 36.2 Å². The van der Waals surface area contributed by atoms with Crippen molar-refractivity contribution in [1.82, 2.24) is 24.4 Å². The summed E-state index contributed by atoms with van der Waals surface area (Å²) in [5, 5.41) is 12.2. The van der Waals surface area contributed by atoms with E-state index in [1.807, 2.05) is 41.0 Å². The standard InChI is InChI=1S/C25H29N5O4S2/c31-23(26-17-21-11-7-15-34-21)18-35-25-28-27-24(30(25)20-9-2-1-3-10-20)19-8-6-12-22(16-19)36(32,33)29-13-4-5-14-29/h1-3,6,8-10,12,16,21H,4-5,7,11,13-15,17-18H2,(H,26,31). The van der Waals surface area contributed by atoms with Crippen molar-refractivity contribution < 1.29 is 17.9 Å². The Labute approximate surface area is 215 Å². The summed E-state index contributed by atoms with van der Waals surface area (Å²) in [4.78, 5) is 12.7. The van der Waals surface area contributed by atoms with Gasteiger partial charge in [-0.3, -0.25) is 9.36 Å². The first-order valence-corrected chi connectivity index (χ1v) is 14.6. The van der Waals surface area contributed by atoms with E-state index >= 15 is 0 Å². The highest BCUT2D eigenvalue weighted by Gasteiger charge is 2.28.